The lowest BCUT2D eigenvalue weighted by molar-refractivity contribution is -0.0372. The molecule has 1 aromatic heterocycles. The predicted octanol–water partition coefficient (Wildman–Crippen LogP) is 1.72. The van der Waals surface area contributed by atoms with Gasteiger partial charge in [0.2, 0.25) is 0 Å². The molecule has 5 heteroatoms. The molecule has 21 heavy (non-hydrogen) atoms. The number of likely N-dealkylation sites (N-methyl/N-ethyl adjacent to an activating group) is 1. The van der Waals surface area contributed by atoms with Crippen molar-refractivity contribution in [2.45, 2.75) is 44.2 Å². The largest absolute Gasteiger partial charge is 0.379 e. The van der Waals surface area contributed by atoms with E-state index >= 15 is 0 Å². The monoisotopic (exact) mass is 292 g/mol. The fourth-order valence-electron chi connectivity index (χ4n) is 4.22. The Hall–Kier alpha value is -0.910. The van der Waals surface area contributed by atoms with Gasteiger partial charge in [-0.2, -0.15) is 5.10 Å². The highest BCUT2D eigenvalue weighted by molar-refractivity contribution is 5.17. The van der Waals surface area contributed by atoms with E-state index in [0.717, 1.165) is 32.8 Å². The molecule has 1 unspecified atom stereocenters. The molecule has 3 rings (SSSR count). The average Bonchev–Trinajstić information content (AvgIpc) is 3.16. The van der Waals surface area contributed by atoms with Gasteiger partial charge in [-0.3, -0.25) is 9.58 Å². The molecule has 0 radical (unpaired) electrons. The molecule has 5 nitrogen and oxygen atoms in total. The summed E-state index contributed by atoms with van der Waals surface area (Å²) in [4.78, 5) is 2.68. The van der Waals surface area contributed by atoms with Gasteiger partial charge >= 0.3 is 0 Å². The molecule has 0 aromatic carbocycles. The number of aryl methyl sites for hydroxylation is 1. The molecule has 1 saturated carbocycles. The summed E-state index contributed by atoms with van der Waals surface area (Å²) in [6, 6.07) is 2.53. The van der Waals surface area contributed by atoms with Gasteiger partial charge < -0.3 is 10.1 Å². The molecule has 0 amide bonds. The van der Waals surface area contributed by atoms with E-state index in [1.54, 1.807) is 0 Å². The molecule has 1 aliphatic heterocycles. The van der Waals surface area contributed by atoms with E-state index in [9.17, 15) is 0 Å². The van der Waals surface area contributed by atoms with Gasteiger partial charge in [-0.15, -0.1) is 0 Å². The molecule has 1 aromatic rings. The zero-order valence-electron chi connectivity index (χ0n) is 13.3. The SMILES string of the molecule is CCNC(c1ccnn1C)C1(N2CCOCC2)CCCC1. The number of nitrogens with zero attached hydrogens (tertiary/aromatic N) is 3. The Balaban J connectivity index is 1.94. The maximum atomic E-state index is 5.58. The van der Waals surface area contributed by atoms with Crippen molar-refractivity contribution in [3.8, 4) is 0 Å². The molecular weight excluding hydrogens is 264 g/mol. The lowest BCUT2D eigenvalue weighted by atomic mass is 9.83. The van der Waals surface area contributed by atoms with Gasteiger partial charge in [0.15, 0.2) is 0 Å². The minimum Gasteiger partial charge on any atom is -0.379 e. The van der Waals surface area contributed by atoms with Crippen molar-refractivity contribution < 1.29 is 4.74 Å². The minimum absolute atomic E-state index is 0.230. The van der Waals surface area contributed by atoms with Gasteiger partial charge in [-0.1, -0.05) is 19.8 Å². The Morgan fingerprint density at radius 2 is 2.05 bits per heavy atom. The van der Waals surface area contributed by atoms with Gasteiger partial charge in [0.1, 0.15) is 0 Å². The summed E-state index contributed by atoms with van der Waals surface area (Å²) in [6.07, 6.45) is 7.13. The fourth-order valence-corrected chi connectivity index (χ4v) is 4.22. The zero-order chi connectivity index (χ0) is 14.7. The fraction of sp³-hybridized carbons (Fsp3) is 0.812. The van der Waals surface area contributed by atoms with Crippen LogP contribution in [0.5, 0.6) is 0 Å². The highest BCUT2D eigenvalue weighted by Gasteiger charge is 2.47. The first kappa shape index (κ1) is 15.0. The standard InChI is InChI=1S/C16H28N4O/c1-3-17-15(14-6-9-18-19(14)2)16(7-4-5-8-16)20-10-12-21-13-11-20/h6,9,15,17H,3-5,7-8,10-13H2,1-2H3. The van der Waals surface area contributed by atoms with Crippen LogP contribution in [0.1, 0.15) is 44.3 Å². The minimum atomic E-state index is 0.230. The topological polar surface area (TPSA) is 42.3 Å². The number of aromatic nitrogens is 2. The second-order valence-electron chi connectivity index (χ2n) is 6.28. The summed E-state index contributed by atoms with van der Waals surface area (Å²) in [5.74, 6) is 0. The zero-order valence-corrected chi connectivity index (χ0v) is 13.3. The van der Waals surface area contributed by atoms with Crippen molar-refractivity contribution in [3.63, 3.8) is 0 Å². The number of rotatable bonds is 5. The van der Waals surface area contributed by atoms with E-state index in [4.69, 9.17) is 4.74 Å². The van der Waals surface area contributed by atoms with Crippen LogP contribution in [0.2, 0.25) is 0 Å². The van der Waals surface area contributed by atoms with Crippen molar-refractivity contribution in [3.05, 3.63) is 18.0 Å². The van der Waals surface area contributed by atoms with Gasteiger partial charge in [-0.25, -0.2) is 0 Å². The van der Waals surface area contributed by atoms with Crippen LogP contribution < -0.4 is 5.32 Å². The number of nitrogens with one attached hydrogen (secondary N) is 1. The normalized spacial score (nSPS) is 24.3. The van der Waals surface area contributed by atoms with E-state index < -0.39 is 0 Å². The Kier molecular flexibility index (Phi) is 4.62. The third-order valence-electron chi connectivity index (χ3n) is 5.21. The molecule has 2 heterocycles. The maximum Gasteiger partial charge on any atom is 0.0678 e. The van der Waals surface area contributed by atoms with Gasteiger partial charge in [0, 0.05) is 31.9 Å². The van der Waals surface area contributed by atoms with E-state index in [1.165, 1.54) is 31.4 Å². The smallest absolute Gasteiger partial charge is 0.0678 e. The van der Waals surface area contributed by atoms with E-state index in [2.05, 4.69) is 35.4 Å². The second-order valence-corrected chi connectivity index (χ2v) is 6.28. The summed E-state index contributed by atoms with van der Waals surface area (Å²) in [7, 11) is 2.06. The van der Waals surface area contributed by atoms with Gasteiger partial charge in [-0.05, 0) is 25.5 Å². The van der Waals surface area contributed by atoms with Crippen molar-refractivity contribution in [2.75, 3.05) is 32.8 Å². The van der Waals surface area contributed by atoms with Crippen LogP contribution in [-0.4, -0.2) is 53.1 Å². The number of hydrogen-bond donors (Lipinski definition) is 1. The highest BCUT2D eigenvalue weighted by atomic mass is 16.5. The van der Waals surface area contributed by atoms with Crippen molar-refractivity contribution in [2.24, 2.45) is 7.05 Å². The number of morpholine rings is 1. The van der Waals surface area contributed by atoms with E-state index in [1.807, 2.05) is 10.9 Å². The number of hydrogen-bond acceptors (Lipinski definition) is 4. The third-order valence-corrected chi connectivity index (χ3v) is 5.21. The van der Waals surface area contributed by atoms with E-state index in [0.29, 0.717) is 6.04 Å². The van der Waals surface area contributed by atoms with Crippen LogP contribution in [0.3, 0.4) is 0 Å². The first-order chi connectivity index (χ1) is 10.3. The number of ether oxygens (including phenoxy) is 1. The van der Waals surface area contributed by atoms with Crippen molar-refractivity contribution in [1.29, 1.82) is 0 Å². The van der Waals surface area contributed by atoms with E-state index in [-0.39, 0.29) is 5.54 Å². The molecule has 1 saturated heterocycles. The maximum absolute atomic E-state index is 5.58. The Morgan fingerprint density at radius 1 is 1.33 bits per heavy atom. The quantitative estimate of drug-likeness (QED) is 0.897. The molecule has 0 bridgehead atoms. The van der Waals surface area contributed by atoms with Crippen LogP contribution in [0.25, 0.3) is 0 Å². The molecule has 1 aliphatic carbocycles. The first-order valence-corrected chi connectivity index (χ1v) is 8.32. The summed E-state index contributed by atoms with van der Waals surface area (Å²) >= 11 is 0. The molecule has 1 N–H and O–H groups in total. The van der Waals surface area contributed by atoms with Gasteiger partial charge in [0.25, 0.3) is 0 Å². The second kappa shape index (κ2) is 6.46. The Bertz CT molecular complexity index is 447. The summed E-state index contributed by atoms with van der Waals surface area (Å²) in [5.41, 5.74) is 1.54. The van der Waals surface area contributed by atoms with Gasteiger partial charge in [0.05, 0.1) is 24.9 Å². The summed E-state index contributed by atoms with van der Waals surface area (Å²) < 4.78 is 7.61. The van der Waals surface area contributed by atoms with Crippen LogP contribution in [0.4, 0.5) is 0 Å². The molecule has 1 atom stereocenters. The third kappa shape index (κ3) is 2.74. The van der Waals surface area contributed by atoms with Crippen LogP contribution >= 0.6 is 0 Å². The Morgan fingerprint density at radius 3 is 2.62 bits per heavy atom. The molecule has 0 spiro atoms. The van der Waals surface area contributed by atoms with Crippen molar-refractivity contribution in [1.82, 2.24) is 20.0 Å². The lowest BCUT2D eigenvalue weighted by Gasteiger charge is -2.48. The van der Waals surface area contributed by atoms with Crippen LogP contribution in [0, 0.1) is 0 Å². The predicted molar refractivity (Wildman–Crippen MR) is 83.2 cm³/mol. The molecule has 2 fully saturated rings. The molecule has 118 valence electrons. The Labute approximate surface area is 127 Å². The van der Waals surface area contributed by atoms with Crippen molar-refractivity contribution >= 4 is 0 Å². The van der Waals surface area contributed by atoms with Crippen LogP contribution in [-0.2, 0) is 11.8 Å². The highest BCUT2D eigenvalue weighted by Crippen LogP contribution is 2.44. The summed E-state index contributed by atoms with van der Waals surface area (Å²) in [6.45, 7) is 7.03. The van der Waals surface area contributed by atoms with Crippen LogP contribution in [0.15, 0.2) is 12.3 Å². The first-order valence-electron chi connectivity index (χ1n) is 8.32. The molecular formula is C16H28N4O. The molecule has 2 aliphatic rings. The lowest BCUT2D eigenvalue weighted by Crippen LogP contribution is -2.58. The average molecular weight is 292 g/mol. The summed E-state index contributed by atoms with van der Waals surface area (Å²) in [5, 5.41) is 8.16.